The Kier molecular flexibility index (Phi) is 5.23. The molecule has 1 unspecified atom stereocenters. The van der Waals surface area contributed by atoms with Gasteiger partial charge >= 0.3 is 12.0 Å². The molecule has 1 saturated heterocycles. The molecule has 1 saturated carbocycles. The lowest BCUT2D eigenvalue weighted by atomic mass is 10.1. The van der Waals surface area contributed by atoms with Gasteiger partial charge in [0.05, 0.1) is 13.0 Å². The number of likely N-dealkylation sites (N-methyl/N-ethyl adjacent to an activating group) is 1. The lowest BCUT2D eigenvalue weighted by molar-refractivity contribution is -0.138. The molecule has 6 heteroatoms. The van der Waals surface area contributed by atoms with Gasteiger partial charge in [-0.2, -0.15) is 0 Å². The molecule has 1 heterocycles. The zero-order chi connectivity index (χ0) is 14.5. The molecule has 0 aromatic heterocycles. The zero-order valence-electron chi connectivity index (χ0n) is 12.1. The van der Waals surface area contributed by atoms with Crippen LogP contribution >= 0.6 is 0 Å². The van der Waals surface area contributed by atoms with E-state index in [4.69, 9.17) is 9.84 Å². The highest BCUT2D eigenvalue weighted by atomic mass is 16.5. The highest BCUT2D eigenvalue weighted by Crippen LogP contribution is 2.28. The lowest BCUT2D eigenvalue weighted by Crippen LogP contribution is -2.45. The molecular formula is C14H24N2O4. The molecule has 2 rings (SSSR count). The number of likely N-dealkylation sites (tertiary alicyclic amines) is 1. The second-order valence-electron chi connectivity index (χ2n) is 5.81. The van der Waals surface area contributed by atoms with Gasteiger partial charge in [0.25, 0.3) is 0 Å². The smallest absolute Gasteiger partial charge is 0.320 e. The molecule has 20 heavy (non-hydrogen) atoms. The summed E-state index contributed by atoms with van der Waals surface area (Å²) in [6.45, 7) is 2.56. The Morgan fingerprint density at radius 1 is 1.35 bits per heavy atom. The lowest BCUT2D eigenvalue weighted by Gasteiger charge is -2.28. The maximum atomic E-state index is 12.3. The van der Waals surface area contributed by atoms with Crippen LogP contribution in [0.15, 0.2) is 0 Å². The van der Waals surface area contributed by atoms with Crippen molar-refractivity contribution in [2.45, 2.75) is 38.1 Å². The number of carboxylic acid groups (broad SMARTS) is 1. The summed E-state index contributed by atoms with van der Waals surface area (Å²) in [4.78, 5) is 26.4. The van der Waals surface area contributed by atoms with E-state index >= 15 is 0 Å². The van der Waals surface area contributed by atoms with Crippen molar-refractivity contribution in [3.8, 4) is 0 Å². The molecule has 114 valence electrons. The van der Waals surface area contributed by atoms with Crippen LogP contribution in [-0.2, 0) is 9.53 Å². The second kappa shape index (κ2) is 6.92. The van der Waals surface area contributed by atoms with Crippen molar-refractivity contribution in [1.82, 2.24) is 9.80 Å². The number of urea groups is 1. The van der Waals surface area contributed by atoms with E-state index in [0.717, 1.165) is 25.4 Å². The van der Waals surface area contributed by atoms with E-state index in [0.29, 0.717) is 19.7 Å². The summed E-state index contributed by atoms with van der Waals surface area (Å²) < 4.78 is 5.53. The molecule has 6 nitrogen and oxygen atoms in total. The minimum atomic E-state index is -0.842. The Hall–Kier alpha value is -1.30. The first-order valence-corrected chi connectivity index (χ1v) is 7.39. The van der Waals surface area contributed by atoms with Crippen LogP contribution in [0.5, 0.6) is 0 Å². The highest BCUT2D eigenvalue weighted by Gasteiger charge is 2.31. The summed E-state index contributed by atoms with van der Waals surface area (Å²) in [6.07, 6.45) is 4.23. The summed E-state index contributed by atoms with van der Waals surface area (Å²) in [6, 6.07) is -0.237. The van der Waals surface area contributed by atoms with Gasteiger partial charge in [0.1, 0.15) is 0 Å². The summed E-state index contributed by atoms with van der Waals surface area (Å²) in [7, 11) is 1.75. The second-order valence-corrected chi connectivity index (χ2v) is 5.81. The molecule has 1 atom stereocenters. The fourth-order valence-corrected chi connectivity index (χ4v) is 2.55. The van der Waals surface area contributed by atoms with Crippen molar-refractivity contribution in [1.29, 1.82) is 0 Å². The summed E-state index contributed by atoms with van der Waals surface area (Å²) >= 11 is 0. The Balaban J connectivity index is 1.71. The predicted octanol–water partition coefficient (Wildman–Crippen LogP) is 1.40. The third kappa shape index (κ3) is 4.37. The van der Waals surface area contributed by atoms with E-state index in [1.807, 2.05) is 0 Å². The monoisotopic (exact) mass is 284 g/mol. The van der Waals surface area contributed by atoms with Crippen molar-refractivity contribution >= 4 is 12.0 Å². The number of nitrogens with zero attached hydrogens (tertiary/aromatic N) is 2. The van der Waals surface area contributed by atoms with Gasteiger partial charge in [-0.05, 0) is 31.6 Å². The van der Waals surface area contributed by atoms with Crippen molar-refractivity contribution < 1.29 is 19.4 Å². The molecule has 0 aromatic carbocycles. The van der Waals surface area contributed by atoms with Gasteiger partial charge < -0.3 is 19.6 Å². The number of hydrogen-bond donors (Lipinski definition) is 1. The highest BCUT2D eigenvalue weighted by molar-refractivity contribution is 5.76. The first-order chi connectivity index (χ1) is 9.58. The first kappa shape index (κ1) is 15.1. The van der Waals surface area contributed by atoms with Gasteiger partial charge in [-0.25, -0.2) is 4.79 Å². The van der Waals surface area contributed by atoms with Crippen molar-refractivity contribution in [2.75, 3.05) is 33.4 Å². The zero-order valence-corrected chi connectivity index (χ0v) is 12.1. The number of amides is 2. The number of carbonyl (C=O) groups excluding carboxylic acids is 1. The average Bonchev–Trinajstić information content (AvgIpc) is 3.12. The Bertz CT molecular complexity index is 357. The van der Waals surface area contributed by atoms with E-state index < -0.39 is 5.97 Å². The average molecular weight is 284 g/mol. The number of aliphatic carboxylic acids is 1. The summed E-state index contributed by atoms with van der Waals surface area (Å²) in [5.74, 6) is -0.111. The summed E-state index contributed by atoms with van der Waals surface area (Å²) in [5, 5.41) is 8.87. The van der Waals surface area contributed by atoms with Gasteiger partial charge in [0.15, 0.2) is 0 Å². The maximum absolute atomic E-state index is 12.3. The minimum absolute atomic E-state index is 0.0394. The molecular weight excluding hydrogens is 260 g/mol. The number of ether oxygens (including phenoxy) is 1. The SMILES string of the molecule is CN(CCOCC1CC1)C(=O)N1CCCC1CC(=O)O. The Labute approximate surface area is 119 Å². The number of carbonyl (C=O) groups is 2. The van der Waals surface area contributed by atoms with E-state index in [2.05, 4.69) is 0 Å². The van der Waals surface area contributed by atoms with Crippen LogP contribution in [0, 0.1) is 5.92 Å². The van der Waals surface area contributed by atoms with Crippen molar-refractivity contribution in [3.05, 3.63) is 0 Å². The predicted molar refractivity (Wildman–Crippen MR) is 73.5 cm³/mol. The molecule has 2 fully saturated rings. The third-order valence-corrected chi connectivity index (χ3v) is 3.98. The molecule has 2 amide bonds. The van der Waals surface area contributed by atoms with Crippen molar-refractivity contribution in [2.24, 2.45) is 5.92 Å². The normalized spacial score (nSPS) is 22.1. The van der Waals surface area contributed by atoms with Gasteiger partial charge in [-0.1, -0.05) is 0 Å². The van der Waals surface area contributed by atoms with Gasteiger partial charge in [-0.15, -0.1) is 0 Å². The van der Waals surface area contributed by atoms with E-state index in [1.165, 1.54) is 12.8 Å². The molecule has 0 bridgehead atoms. The Morgan fingerprint density at radius 2 is 2.10 bits per heavy atom. The molecule has 2 aliphatic rings. The molecule has 0 radical (unpaired) electrons. The quantitative estimate of drug-likeness (QED) is 0.717. The molecule has 1 N–H and O–H groups in total. The fraction of sp³-hybridized carbons (Fsp3) is 0.857. The minimum Gasteiger partial charge on any atom is -0.481 e. The van der Waals surface area contributed by atoms with E-state index in [1.54, 1.807) is 16.8 Å². The third-order valence-electron chi connectivity index (χ3n) is 3.98. The topological polar surface area (TPSA) is 70.1 Å². The van der Waals surface area contributed by atoms with Crippen molar-refractivity contribution in [3.63, 3.8) is 0 Å². The largest absolute Gasteiger partial charge is 0.481 e. The summed E-state index contributed by atoms with van der Waals surface area (Å²) in [5.41, 5.74) is 0. The van der Waals surface area contributed by atoms with Crippen LogP contribution in [0.3, 0.4) is 0 Å². The molecule has 1 aliphatic carbocycles. The number of carboxylic acids is 1. The molecule has 0 spiro atoms. The number of rotatable bonds is 7. The fourth-order valence-electron chi connectivity index (χ4n) is 2.55. The van der Waals surface area contributed by atoms with Gasteiger partial charge in [0, 0.05) is 32.8 Å². The maximum Gasteiger partial charge on any atom is 0.320 e. The van der Waals surface area contributed by atoms with Crippen LogP contribution in [0.1, 0.15) is 32.1 Å². The van der Waals surface area contributed by atoms with Crippen LogP contribution in [0.4, 0.5) is 4.79 Å². The standard InChI is InChI=1S/C14H24N2O4/c1-15(7-8-20-10-11-4-5-11)14(19)16-6-2-3-12(16)9-13(17)18/h11-12H,2-10H2,1H3,(H,17,18). The van der Waals surface area contributed by atoms with Crippen LogP contribution in [0.2, 0.25) is 0 Å². The van der Waals surface area contributed by atoms with Crippen LogP contribution in [0.25, 0.3) is 0 Å². The molecule has 1 aliphatic heterocycles. The first-order valence-electron chi connectivity index (χ1n) is 7.39. The van der Waals surface area contributed by atoms with Crippen LogP contribution < -0.4 is 0 Å². The number of hydrogen-bond acceptors (Lipinski definition) is 3. The van der Waals surface area contributed by atoms with E-state index in [9.17, 15) is 9.59 Å². The van der Waals surface area contributed by atoms with Crippen LogP contribution in [-0.4, -0.2) is 66.3 Å². The molecule has 0 aromatic rings. The van der Waals surface area contributed by atoms with Gasteiger partial charge in [-0.3, -0.25) is 4.79 Å². The Morgan fingerprint density at radius 3 is 2.75 bits per heavy atom. The van der Waals surface area contributed by atoms with E-state index in [-0.39, 0.29) is 18.5 Å². The van der Waals surface area contributed by atoms with Gasteiger partial charge in [0.2, 0.25) is 0 Å².